The van der Waals surface area contributed by atoms with Crippen LogP contribution in [-0.4, -0.2) is 71.3 Å². The minimum Gasteiger partial charge on any atom is -0.497 e. The lowest BCUT2D eigenvalue weighted by Crippen LogP contribution is -2.46. The molecule has 1 unspecified atom stereocenters. The highest BCUT2D eigenvalue weighted by Gasteiger charge is 2.23. The number of methoxy groups -OCH3 is 3. The molecule has 31 heavy (non-hydrogen) atoms. The quantitative estimate of drug-likeness (QED) is 0.543. The first-order valence-corrected chi connectivity index (χ1v) is 10.5. The Hall–Kier alpha value is -2.93. The summed E-state index contributed by atoms with van der Waals surface area (Å²) in [5.41, 5.74) is 3.74. The summed E-state index contributed by atoms with van der Waals surface area (Å²) >= 11 is 0. The SMILES string of the molecule is CN=C(NCC(c1cccc(OC)c1)N(C)C)N1CCc2cc(OC)c(OC)cc2C1. The van der Waals surface area contributed by atoms with Crippen molar-refractivity contribution in [1.29, 1.82) is 0 Å². The molecule has 0 saturated carbocycles. The van der Waals surface area contributed by atoms with Crippen molar-refractivity contribution in [3.63, 3.8) is 0 Å². The van der Waals surface area contributed by atoms with Crippen LogP contribution in [0.1, 0.15) is 22.7 Å². The number of nitrogens with zero attached hydrogens (tertiary/aromatic N) is 3. The van der Waals surface area contributed by atoms with Gasteiger partial charge >= 0.3 is 0 Å². The van der Waals surface area contributed by atoms with Crippen molar-refractivity contribution in [1.82, 2.24) is 15.1 Å². The van der Waals surface area contributed by atoms with Crippen molar-refractivity contribution in [3.8, 4) is 17.2 Å². The first-order chi connectivity index (χ1) is 15.0. The molecule has 0 aromatic heterocycles. The Morgan fingerprint density at radius 2 is 1.77 bits per heavy atom. The average Bonchev–Trinajstić information content (AvgIpc) is 2.80. The van der Waals surface area contributed by atoms with E-state index in [2.05, 4.69) is 58.5 Å². The number of likely N-dealkylation sites (N-methyl/N-ethyl adjacent to an activating group) is 1. The van der Waals surface area contributed by atoms with Crippen LogP contribution in [0.3, 0.4) is 0 Å². The van der Waals surface area contributed by atoms with Gasteiger partial charge in [0.15, 0.2) is 17.5 Å². The molecule has 0 saturated heterocycles. The molecule has 1 atom stereocenters. The van der Waals surface area contributed by atoms with Crippen LogP contribution >= 0.6 is 0 Å². The van der Waals surface area contributed by atoms with Gasteiger partial charge in [0.1, 0.15) is 5.75 Å². The molecule has 0 amide bonds. The molecule has 0 bridgehead atoms. The topological polar surface area (TPSA) is 58.6 Å². The summed E-state index contributed by atoms with van der Waals surface area (Å²) in [6, 6.07) is 12.6. The predicted molar refractivity (Wildman–Crippen MR) is 124 cm³/mol. The Bertz CT molecular complexity index is 914. The van der Waals surface area contributed by atoms with Gasteiger partial charge in [0.25, 0.3) is 0 Å². The lowest BCUT2D eigenvalue weighted by atomic mass is 9.99. The van der Waals surface area contributed by atoms with Gasteiger partial charge in [0, 0.05) is 26.7 Å². The third kappa shape index (κ3) is 5.22. The Morgan fingerprint density at radius 3 is 2.39 bits per heavy atom. The van der Waals surface area contributed by atoms with E-state index in [0.29, 0.717) is 0 Å². The van der Waals surface area contributed by atoms with E-state index in [9.17, 15) is 0 Å². The van der Waals surface area contributed by atoms with Gasteiger partial charge in [-0.05, 0) is 61.5 Å². The summed E-state index contributed by atoms with van der Waals surface area (Å²) in [6.07, 6.45) is 0.934. The zero-order valence-corrected chi connectivity index (χ0v) is 19.4. The van der Waals surface area contributed by atoms with Gasteiger partial charge in [-0.3, -0.25) is 4.99 Å². The van der Waals surface area contributed by atoms with Crippen LogP contribution in [0.4, 0.5) is 0 Å². The van der Waals surface area contributed by atoms with Gasteiger partial charge in [0.05, 0.1) is 27.4 Å². The van der Waals surface area contributed by atoms with E-state index in [1.165, 1.54) is 16.7 Å². The van der Waals surface area contributed by atoms with Gasteiger partial charge in [-0.25, -0.2) is 0 Å². The Kier molecular flexibility index (Phi) is 7.63. The highest BCUT2D eigenvalue weighted by molar-refractivity contribution is 5.80. The molecule has 0 aliphatic carbocycles. The maximum absolute atomic E-state index is 5.49. The number of nitrogens with one attached hydrogen (secondary N) is 1. The smallest absolute Gasteiger partial charge is 0.194 e. The molecule has 1 aliphatic heterocycles. The molecule has 1 heterocycles. The second kappa shape index (κ2) is 10.4. The van der Waals surface area contributed by atoms with E-state index < -0.39 is 0 Å². The van der Waals surface area contributed by atoms with Crippen molar-refractivity contribution in [2.24, 2.45) is 4.99 Å². The molecular formula is C24H34N4O3. The first kappa shape index (κ1) is 22.7. The molecule has 0 radical (unpaired) electrons. The summed E-state index contributed by atoms with van der Waals surface area (Å²) in [4.78, 5) is 9.04. The summed E-state index contributed by atoms with van der Waals surface area (Å²) in [7, 11) is 11.1. The van der Waals surface area contributed by atoms with Gasteiger partial charge < -0.3 is 29.3 Å². The molecule has 7 heteroatoms. The molecule has 168 valence electrons. The van der Waals surface area contributed by atoms with Crippen molar-refractivity contribution in [2.75, 3.05) is 55.6 Å². The van der Waals surface area contributed by atoms with Crippen molar-refractivity contribution in [2.45, 2.75) is 19.0 Å². The Morgan fingerprint density at radius 1 is 1.06 bits per heavy atom. The molecule has 0 fully saturated rings. The van der Waals surface area contributed by atoms with E-state index in [-0.39, 0.29) is 6.04 Å². The van der Waals surface area contributed by atoms with Crippen LogP contribution in [0.25, 0.3) is 0 Å². The Labute approximate surface area is 185 Å². The summed E-state index contributed by atoms with van der Waals surface area (Å²) in [5.74, 6) is 3.31. The second-order valence-corrected chi connectivity index (χ2v) is 7.83. The van der Waals surface area contributed by atoms with Crippen molar-refractivity contribution in [3.05, 3.63) is 53.1 Å². The molecule has 2 aromatic rings. The van der Waals surface area contributed by atoms with Gasteiger partial charge in [-0.15, -0.1) is 0 Å². The van der Waals surface area contributed by atoms with E-state index in [0.717, 1.165) is 49.3 Å². The molecule has 1 N–H and O–H groups in total. The predicted octanol–water partition coefficient (Wildman–Crippen LogP) is 2.95. The van der Waals surface area contributed by atoms with Crippen LogP contribution in [0.15, 0.2) is 41.4 Å². The van der Waals surface area contributed by atoms with E-state index in [1.54, 1.807) is 21.3 Å². The minimum atomic E-state index is 0.188. The first-order valence-electron chi connectivity index (χ1n) is 10.5. The maximum Gasteiger partial charge on any atom is 0.194 e. The highest BCUT2D eigenvalue weighted by Crippen LogP contribution is 2.33. The summed E-state index contributed by atoms with van der Waals surface area (Å²) in [5, 5.41) is 3.58. The lowest BCUT2D eigenvalue weighted by molar-refractivity contribution is 0.291. The van der Waals surface area contributed by atoms with Gasteiger partial charge in [-0.1, -0.05) is 12.1 Å². The average molecular weight is 427 g/mol. The van der Waals surface area contributed by atoms with Crippen LogP contribution in [0, 0.1) is 0 Å². The number of ether oxygens (including phenoxy) is 3. The molecule has 7 nitrogen and oxygen atoms in total. The van der Waals surface area contributed by atoms with Crippen LogP contribution in [0.5, 0.6) is 17.2 Å². The van der Waals surface area contributed by atoms with Crippen LogP contribution < -0.4 is 19.5 Å². The normalized spacial score (nSPS) is 14.8. The lowest BCUT2D eigenvalue weighted by Gasteiger charge is -2.33. The van der Waals surface area contributed by atoms with Crippen molar-refractivity contribution < 1.29 is 14.2 Å². The van der Waals surface area contributed by atoms with E-state index >= 15 is 0 Å². The van der Waals surface area contributed by atoms with E-state index in [4.69, 9.17) is 14.2 Å². The fourth-order valence-electron chi connectivity index (χ4n) is 4.03. The van der Waals surface area contributed by atoms with Crippen LogP contribution in [-0.2, 0) is 13.0 Å². The Balaban J connectivity index is 1.72. The number of hydrogen-bond donors (Lipinski definition) is 1. The standard InChI is InChI=1S/C24H34N4O3/c1-25-24(26-15-21(27(2)3)18-8-7-9-20(12-18)29-4)28-11-10-17-13-22(30-5)23(31-6)14-19(17)16-28/h7-9,12-14,21H,10-11,15-16H2,1-6H3,(H,25,26). The fourth-order valence-corrected chi connectivity index (χ4v) is 4.03. The van der Waals surface area contributed by atoms with Gasteiger partial charge in [0.2, 0.25) is 0 Å². The number of rotatable bonds is 7. The molecule has 0 spiro atoms. The molecular weight excluding hydrogens is 392 g/mol. The number of aliphatic imine (C=N–C) groups is 1. The molecule has 1 aliphatic rings. The second-order valence-electron chi connectivity index (χ2n) is 7.83. The largest absolute Gasteiger partial charge is 0.497 e. The monoisotopic (exact) mass is 426 g/mol. The maximum atomic E-state index is 5.49. The molecule has 3 rings (SSSR count). The third-order valence-electron chi connectivity index (χ3n) is 5.78. The zero-order chi connectivity index (χ0) is 22.4. The van der Waals surface area contributed by atoms with Gasteiger partial charge in [-0.2, -0.15) is 0 Å². The van der Waals surface area contributed by atoms with Crippen molar-refractivity contribution >= 4 is 5.96 Å². The summed E-state index contributed by atoms with van der Waals surface area (Å²) < 4.78 is 16.4. The van der Waals surface area contributed by atoms with Crippen LogP contribution in [0.2, 0.25) is 0 Å². The zero-order valence-electron chi connectivity index (χ0n) is 19.4. The number of guanidine groups is 1. The number of hydrogen-bond acceptors (Lipinski definition) is 5. The number of benzene rings is 2. The highest BCUT2D eigenvalue weighted by atomic mass is 16.5. The van der Waals surface area contributed by atoms with E-state index in [1.807, 2.05) is 19.2 Å². The molecule has 2 aromatic carbocycles. The summed E-state index contributed by atoms with van der Waals surface area (Å²) in [6.45, 7) is 2.41. The minimum absolute atomic E-state index is 0.188. The fraction of sp³-hybridized carbons (Fsp3) is 0.458. The third-order valence-corrected chi connectivity index (χ3v) is 5.78. The number of fused-ring (bicyclic) bond motifs is 1.